The van der Waals surface area contributed by atoms with Gasteiger partial charge in [-0.25, -0.2) is 0 Å². The maximum atomic E-state index is 4.16. The summed E-state index contributed by atoms with van der Waals surface area (Å²) in [6.07, 6.45) is 0. The van der Waals surface area contributed by atoms with Gasteiger partial charge in [-0.3, -0.25) is 6.04 Å². The van der Waals surface area contributed by atoms with E-state index in [1.54, 1.807) is 0 Å². The molecule has 1 radical (unpaired) electrons. The molecule has 0 aromatic carbocycles. The smallest absolute Gasteiger partial charge is 0 e. The maximum Gasteiger partial charge on any atom is 0 e. The summed E-state index contributed by atoms with van der Waals surface area (Å²) in [6, 6.07) is 1.33. The molecule has 0 aliphatic carbocycles. The molecule has 0 rings (SSSR count). The van der Waals surface area contributed by atoms with Gasteiger partial charge in [0.2, 0.25) is 0 Å². The molecular weight excluding hydrogens is 225 g/mol. The largest absolute Gasteiger partial charge is 0.664 e. The summed E-state index contributed by atoms with van der Waals surface area (Å²) >= 11 is 0. The monoisotopic (exact) mass is 245 g/mol. The van der Waals surface area contributed by atoms with E-state index in [0.717, 1.165) is 6.54 Å². The minimum atomic E-state index is 0. The first kappa shape index (κ1) is 15.5. The predicted octanol–water partition coefficient (Wildman–Crippen LogP) is 2.27. The van der Waals surface area contributed by atoms with Crippen molar-refractivity contribution in [2.24, 2.45) is 0 Å². The molecule has 12 heavy (non-hydrogen) atoms. The second-order valence-corrected chi connectivity index (χ2v) is 3.79. The minimum Gasteiger partial charge on any atom is -0.664 e. The molecule has 0 aliphatic rings. The Kier molecular flexibility index (Phi) is 8.36. The number of hydrogen-bond donors (Lipinski definition) is 0. The first-order valence-corrected chi connectivity index (χ1v) is 4.01. The zero-order valence-corrected chi connectivity index (χ0v) is 12.0. The summed E-state index contributed by atoms with van der Waals surface area (Å²) < 4.78 is 0. The Hall–Kier alpha value is 1.02. The minimum absolute atomic E-state index is 0. The van der Waals surface area contributed by atoms with E-state index in [4.69, 9.17) is 0 Å². The molecule has 0 saturated heterocycles. The van der Waals surface area contributed by atoms with E-state index >= 15 is 0 Å². The third kappa shape index (κ3) is 4.91. The van der Waals surface area contributed by atoms with Crippen LogP contribution in [-0.4, -0.2) is 31.1 Å². The van der Waals surface area contributed by atoms with Crippen molar-refractivity contribution < 1.29 is 32.7 Å². The van der Waals surface area contributed by atoms with Gasteiger partial charge in [-0.2, -0.15) is 20.9 Å². The van der Waals surface area contributed by atoms with Crippen molar-refractivity contribution in [3.05, 3.63) is 11.4 Å². The second kappa shape index (κ2) is 6.47. The summed E-state index contributed by atoms with van der Waals surface area (Å²) in [6.45, 7) is 9.53. The van der Waals surface area contributed by atoms with Crippen LogP contribution in [-0.2, 0) is 32.7 Å². The molecule has 0 amide bonds. The summed E-state index contributed by atoms with van der Waals surface area (Å²) in [5.41, 5.74) is 0.160. The van der Waals surface area contributed by atoms with Crippen LogP contribution in [0.25, 0.3) is 5.32 Å². The topological polar surface area (TPSA) is 17.3 Å². The SMILES string of the molecule is C[N-]CC(C)(C)N(C)[C-](C)C.[Y]. The molecule has 0 unspecified atom stereocenters. The van der Waals surface area contributed by atoms with E-state index in [2.05, 4.69) is 45.0 Å². The van der Waals surface area contributed by atoms with Crippen LogP contribution in [0.3, 0.4) is 0 Å². The molecule has 0 bridgehead atoms. The molecule has 71 valence electrons. The zero-order chi connectivity index (χ0) is 9.07. The van der Waals surface area contributed by atoms with Gasteiger partial charge in [0.25, 0.3) is 0 Å². The average molecular weight is 245 g/mol. The molecule has 0 spiro atoms. The third-order valence-electron chi connectivity index (χ3n) is 2.12. The number of nitrogens with zero attached hydrogens (tertiary/aromatic N) is 2. The molecule has 0 atom stereocenters. The number of likely N-dealkylation sites (N-methyl/N-ethyl adjacent to an activating group) is 2. The van der Waals surface area contributed by atoms with E-state index < -0.39 is 0 Å². The molecule has 0 fully saturated rings. The first-order chi connectivity index (χ1) is 4.91. The summed E-state index contributed by atoms with van der Waals surface area (Å²) in [7, 11) is 3.97. The van der Waals surface area contributed by atoms with E-state index in [-0.39, 0.29) is 38.2 Å². The van der Waals surface area contributed by atoms with Gasteiger partial charge in [-0.15, -0.1) is 6.54 Å². The van der Waals surface area contributed by atoms with Gasteiger partial charge in [0.15, 0.2) is 0 Å². The van der Waals surface area contributed by atoms with E-state index in [1.807, 2.05) is 7.05 Å². The van der Waals surface area contributed by atoms with Crippen LogP contribution in [0.1, 0.15) is 27.7 Å². The predicted molar refractivity (Wildman–Crippen MR) is 50.6 cm³/mol. The van der Waals surface area contributed by atoms with Gasteiger partial charge in [-0.05, 0) is 12.6 Å². The normalized spacial score (nSPS) is 12.0. The Morgan fingerprint density at radius 2 is 1.75 bits per heavy atom. The average Bonchev–Trinajstić information content (AvgIpc) is 1.86. The van der Waals surface area contributed by atoms with E-state index in [9.17, 15) is 0 Å². The molecule has 0 N–H and O–H groups in total. The summed E-state index contributed by atoms with van der Waals surface area (Å²) in [5, 5.41) is 4.16. The summed E-state index contributed by atoms with van der Waals surface area (Å²) in [5.74, 6) is 0. The number of hydrogen-bond acceptors (Lipinski definition) is 1. The van der Waals surface area contributed by atoms with Gasteiger partial charge >= 0.3 is 0 Å². The Bertz CT molecular complexity index is 113. The van der Waals surface area contributed by atoms with Crippen LogP contribution in [0, 0.1) is 6.04 Å². The number of rotatable bonds is 4. The van der Waals surface area contributed by atoms with Gasteiger partial charge < -0.3 is 10.2 Å². The third-order valence-corrected chi connectivity index (χ3v) is 2.12. The Labute approximate surface area is 102 Å². The van der Waals surface area contributed by atoms with Crippen molar-refractivity contribution >= 4 is 0 Å². The molecule has 0 saturated carbocycles. The van der Waals surface area contributed by atoms with Gasteiger partial charge in [0, 0.05) is 32.7 Å². The summed E-state index contributed by atoms with van der Waals surface area (Å²) in [4.78, 5) is 2.26. The quantitative estimate of drug-likeness (QED) is 0.694. The Morgan fingerprint density at radius 1 is 1.33 bits per heavy atom. The van der Waals surface area contributed by atoms with Crippen LogP contribution in [0.2, 0.25) is 0 Å². The van der Waals surface area contributed by atoms with Crippen molar-refractivity contribution in [2.45, 2.75) is 33.2 Å². The molecule has 3 heteroatoms. The van der Waals surface area contributed by atoms with E-state index in [0.29, 0.717) is 0 Å². The molecule has 0 aromatic rings. The maximum absolute atomic E-state index is 4.16. The molecule has 0 heterocycles. The molecule has 0 aromatic heterocycles. The standard InChI is InChI=1S/C9H20N2.Y/c1-8(2)11(6)9(3,4)7-10-5;/h7H2,1-6H3;/q-2;. The fourth-order valence-electron chi connectivity index (χ4n) is 1.10. The van der Waals surface area contributed by atoms with E-state index in [1.165, 1.54) is 6.04 Å². The Balaban J connectivity index is 0. The van der Waals surface area contributed by atoms with Crippen LogP contribution in [0.15, 0.2) is 0 Å². The first-order valence-electron chi connectivity index (χ1n) is 4.01. The molecule has 2 nitrogen and oxygen atoms in total. The fourth-order valence-corrected chi connectivity index (χ4v) is 1.10. The van der Waals surface area contributed by atoms with Crippen LogP contribution >= 0.6 is 0 Å². The fraction of sp³-hybridized carbons (Fsp3) is 0.889. The van der Waals surface area contributed by atoms with Crippen molar-refractivity contribution in [3.63, 3.8) is 0 Å². The molecule has 0 aliphatic heterocycles. The van der Waals surface area contributed by atoms with Crippen molar-refractivity contribution in [3.8, 4) is 0 Å². The van der Waals surface area contributed by atoms with Crippen molar-refractivity contribution in [2.75, 3.05) is 20.6 Å². The van der Waals surface area contributed by atoms with Crippen molar-refractivity contribution in [1.29, 1.82) is 0 Å². The van der Waals surface area contributed by atoms with Crippen LogP contribution in [0.4, 0.5) is 0 Å². The van der Waals surface area contributed by atoms with Gasteiger partial charge in [0.1, 0.15) is 0 Å². The van der Waals surface area contributed by atoms with Gasteiger partial charge in [0.05, 0.1) is 0 Å². The second-order valence-electron chi connectivity index (χ2n) is 3.79. The van der Waals surface area contributed by atoms with Crippen molar-refractivity contribution in [1.82, 2.24) is 4.90 Å². The molecular formula is C9H20N2Y-2. The van der Waals surface area contributed by atoms with Crippen LogP contribution in [0.5, 0.6) is 0 Å². The van der Waals surface area contributed by atoms with Crippen LogP contribution < -0.4 is 0 Å². The zero-order valence-electron chi connectivity index (χ0n) is 9.18. The van der Waals surface area contributed by atoms with Gasteiger partial charge in [-0.1, -0.05) is 13.8 Å². The Morgan fingerprint density at radius 3 is 2.00 bits per heavy atom.